The van der Waals surface area contributed by atoms with Gasteiger partial charge >= 0.3 is 0 Å². The number of nitrogens with one attached hydrogen (secondary N) is 1. The van der Waals surface area contributed by atoms with Crippen molar-refractivity contribution in [3.8, 4) is 5.75 Å². The Morgan fingerprint density at radius 3 is 2.29 bits per heavy atom. The molecule has 0 aliphatic heterocycles. The zero-order chi connectivity index (χ0) is 12.9. The third kappa shape index (κ3) is 3.72. The minimum absolute atomic E-state index is 0.168. The van der Waals surface area contributed by atoms with Gasteiger partial charge in [-0.05, 0) is 51.9 Å². The van der Waals surface area contributed by atoms with Crippen LogP contribution >= 0.6 is 0 Å². The largest absolute Gasteiger partial charge is 0.491 e. The van der Waals surface area contributed by atoms with Gasteiger partial charge in [-0.1, -0.05) is 12.1 Å². The van der Waals surface area contributed by atoms with Crippen LogP contribution in [0.3, 0.4) is 0 Å². The van der Waals surface area contributed by atoms with Crippen molar-refractivity contribution in [2.24, 2.45) is 0 Å². The van der Waals surface area contributed by atoms with Crippen molar-refractivity contribution in [1.29, 1.82) is 0 Å². The molecule has 0 aliphatic rings. The average Bonchev–Trinajstić information content (AvgIpc) is 2.29. The van der Waals surface area contributed by atoms with Crippen LogP contribution in [-0.4, -0.2) is 24.9 Å². The van der Waals surface area contributed by atoms with E-state index in [0.717, 1.165) is 11.3 Å². The molecule has 0 amide bonds. The normalized spacial score (nSPS) is 14.7. The van der Waals surface area contributed by atoms with E-state index in [0.29, 0.717) is 6.42 Å². The van der Waals surface area contributed by atoms with Crippen LogP contribution in [0.15, 0.2) is 24.3 Å². The van der Waals surface area contributed by atoms with E-state index in [2.05, 4.69) is 12.2 Å². The molecule has 1 atom stereocenters. The zero-order valence-corrected chi connectivity index (χ0v) is 11.2. The van der Waals surface area contributed by atoms with Crippen LogP contribution in [0.25, 0.3) is 0 Å². The highest BCUT2D eigenvalue weighted by Crippen LogP contribution is 2.26. The Labute approximate surface area is 104 Å². The lowest BCUT2D eigenvalue weighted by molar-refractivity contribution is 0.227. The lowest BCUT2D eigenvalue weighted by Crippen LogP contribution is -2.37. The van der Waals surface area contributed by atoms with Gasteiger partial charge in [0.1, 0.15) is 5.75 Å². The van der Waals surface area contributed by atoms with Gasteiger partial charge < -0.3 is 15.2 Å². The van der Waals surface area contributed by atoms with E-state index >= 15 is 0 Å². The van der Waals surface area contributed by atoms with Crippen LogP contribution in [0.4, 0.5) is 0 Å². The molecule has 0 radical (unpaired) electrons. The van der Waals surface area contributed by atoms with Crippen LogP contribution in [-0.2, 0) is 5.54 Å². The average molecular weight is 237 g/mol. The van der Waals surface area contributed by atoms with E-state index < -0.39 is 0 Å². The first-order valence-electron chi connectivity index (χ1n) is 6.09. The fourth-order valence-corrected chi connectivity index (χ4v) is 1.81. The van der Waals surface area contributed by atoms with Crippen molar-refractivity contribution in [1.82, 2.24) is 5.32 Å². The molecule has 0 heterocycles. The SMILES string of the molecule is CNC(C)(CCO)c1ccc(OC(C)C)cc1. The van der Waals surface area contributed by atoms with Gasteiger partial charge in [0, 0.05) is 12.1 Å². The molecule has 1 unspecified atom stereocenters. The summed E-state index contributed by atoms with van der Waals surface area (Å²) in [7, 11) is 1.91. The molecule has 96 valence electrons. The molecule has 0 bridgehead atoms. The second-order valence-electron chi connectivity index (χ2n) is 4.75. The van der Waals surface area contributed by atoms with Crippen molar-refractivity contribution >= 4 is 0 Å². The van der Waals surface area contributed by atoms with Gasteiger partial charge in [0.15, 0.2) is 0 Å². The van der Waals surface area contributed by atoms with Gasteiger partial charge in [-0.2, -0.15) is 0 Å². The molecule has 0 spiro atoms. The predicted octanol–water partition coefficient (Wildman–Crippen LogP) is 2.29. The number of ether oxygens (including phenoxy) is 1. The van der Waals surface area contributed by atoms with E-state index in [9.17, 15) is 0 Å². The maximum Gasteiger partial charge on any atom is 0.119 e. The number of hydrogen-bond donors (Lipinski definition) is 2. The number of rotatable bonds is 6. The Bertz CT molecular complexity index is 335. The molecule has 2 N–H and O–H groups in total. The van der Waals surface area contributed by atoms with Gasteiger partial charge in [-0.3, -0.25) is 0 Å². The Hall–Kier alpha value is -1.06. The molecule has 3 heteroatoms. The molecular formula is C14H23NO2. The molecule has 0 saturated carbocycles. The molecular weight excluding hydrogens is 214 g/mol. The van der Waals surface area contributed by atoms with E-state index in [1.54, 1.807) is 0 Å². The zero-order valence-electron chi connectivity index (χ0n) is 11.2. The lowest BCUT2D eigenvalue weighted by Gasteiger charge is -2.29. The fraction of sp³-hybridized carbons (Fsp3) is 0.571. The maximum atomic E-state index is 9.10. The minimum atomic E-state index is -0.189. The first kappa shape index (κ1) is 14.0. The van der Waals surface area contributed by atoms with E-state index in [1.807, 2.05) is 45.2 Å². The topological polar surface area (TPSA) is 41.5 Å². The monoisotopic (exact) mass is 237 g/mol. The highest BCUT2D eigenvalue weighted by atomic mass is 16.5. The predicted molar refractivity (Wildman–Crippen MR) is 70.3 cm³/mol. The Morgan fingerprint density at radius 1 is 1.29 bits per heavy atom. The molecule has 1 rings (SSSR count). The summed E-state index contributed by atoms with van der Waals surface area (Å²) in [6.07, 6.45) is 0.877. The van der Waals surface area contributed by atoms with Crippen molar-refractivity contribution < 1.29 is 9.84 Å². The fourth-order valence-electron chi connectivity index (χ4n) is 1.81. The third-order valence-electron chi connectivity index (χ3n) is 3.03. The van der Waals surface area contributed by atoms with Crippen molar-refractivity contribution in [3.63, 3.8) is 0 Å². The first-order valence-corrected chi connectivity index (χ1v) is 6.09. The van der Waals surface area contributed by atoms with Gasteiger partial charge in [0.2, 0.25) is 0 Å². The molecule has 1 aromatic rings. The Morgan fingerprint density at radius 2 is 1.88 bits per heavy atom. The maximum absolute atomic E-state index is 9.10. The molecule has 0 aromatic heterocycles. The van der Waals surface area contributed by atoms with Crippen molar-refractivity contribution in [2.75, 3.05) is 13.7 Å². The summed E-state index contributed by atoms with van der Waals surface area (Å²) in [6, 6.07) is 8.04. The summed E-state index contributed by atoms with van der Waals surface area (Å²) in [5.41, 5.74) is 0.968. The van der Waals surface area contributed by atoms with Crippen LogP contribution in [0, 0.1) is 0 Å². The summed E-state index contributed by atoms with van der Waals surface area (Å²) < 4.78 is 5.61. The molecule has 17 heavy (non-hydrogen) atoms. The summed E-state index contributed by atoms with van der Waals surface area (Å²) in [5, 5.41) is 12.4. The minimum Gasteiger partial charge on any atom is -0.491 e. The first-order chi connectivity index (χ1) is 8.01. The molecule has 3 nitrogen and oxygen atoms in total. The highest BCUT2D eigenvalue weighted by Gasteiger charge is 2.23. The summed E-state index contributed by atoms with van der Waals surface area (Å²) in [4.78, 5) is 0. The summed E-state index contributed by atoms with van der Waals surface area (Å²) in [5.74, 6) is 0.881. The van der Waals surface area contributed by atoms with Crippen molar-refractivity contribution in [2.45, 2.75) is 38.8 Å². The van der Waals surface area contributed by atoms with Gasteiger partial charge in [0.25, 0.3) is 0 Å². The number of aliphatic hydroxyl groups excluding tert-OH is 1. The molecule has 0 saturated heterocycles. The number of aliphatic hydroxyl groups is 1. The molecule has 0 fully saturated rings. The second-order valence-corrected chi connectivity index (χ2v) is 4.75. The Balaban J connectivity index is 2.85. The lowest BCUT2D eigenvalue weighted by atomic mass is 9.89. The number of benzene rings is 1. The summed E-state index contributed by atoms with van der Waals surface area (Å²) in [6.45, 7) is 6.28. The van der Waals surface area contributed by atoms with Crippen LogP contribution in [0.2, 0.25) is 0 Å². The van der Waals surface area contributed by atoms with Gasteiger partial charge in [-0.15, -0.1) is 0 Å². The van der Waals surface area contributed by atoms with Crippen molar-refractivity contribution in [3.05, 3.63) is 29.8 Å². The highest BCUT2D eigenvalue weighted by molar-refractivity contribution is 5.31. The van der Waals surface area contributed by atoms with Crippen LogP contribution in [0.5, 0.6) is 5.75 Å². The van der Waals surface area contributed by atoms with E-state index in [4.69, 9.17) is 9.84 Å². The van der Waals surface area contributed by atoms with Gasteiger partial charge in [-0.25, -0.2) is 0 Å². The Kier molecular flexibility index (Phi) is 4.97. The quantitative estimate of drug-likeness (QED) is 0.797. The van der Waals surface area contributed by atoms with E-state index in [1.165, 1.54) is 0 Å². The van der Waals surface area contributed by atoms with Gasteiger partial charge in [0.05, 0.1) is 6.10 Å². The standard InChI is InChI=1S/C14H23NO2/c1-11(2)17-13-7-5-12(6-8-13)14(3,15-4)9-10-16/h5-8,11,15-16H,9-10H2,1-4H3. The smallest absolute Gasteiger partial charge is 0.119 e. The van der Waals surface area contributed by atoms with E-state index in [-0.39, 0.29) is 18.2 Å². The third-order valence-corrected chi connectivity index (χ3v) is 3.03. The van der Waals surface area contributed by atoms with Crippen LogP contribution < -0.4 is 10.1 Å². The molecule has 1 aromatic carbocycles. The molecule has 0 aliphatic carbocycles. The number of hydrogen-bond acceptors (Lipinski definition) is 3. The summed E-state index contributed by atoms with van der Waals surface area (Å²) >= 11 is 0. The second kappa shape index (κ2) is 6.03. The van der Waals surface area contributed by atoms with Crippen LogP contribution in [0.1, 0.15) is 32.8 Å².